The molecule has 0 aliphatic carbocycles. The smallest absolute Gasteiger partial charge is 0.0974 e. The first-order valence-electron chi connectivity index (χ1n) is 13.9. The standard InChI is InChI=1S/C37H21N5/c1-2-7-22(8-3-1)29-18-16-24-12-13-25-17-19-30(40-34(25)33(24)39-29)36-27-10-4-5-11-28(27)37-31(41-36)21-26-15-14-23-9-6-20-38-32(23)35(26)42-37/h1-21H. The highest BCUT2D eigenvalue weighted by atomic mass is 14.8. The molecule has 0 aliphatic heterocycles. The van der Waals surface area contributed by atoms with Crippen LogP contribution in [0.1, 0.15) is 0 Å². The Morgan fingerprint density at radius 3 is 1.81 bits per heavy atom. The third-order valence-corrected chi connectivity index (χ3v) is 8.04. The van der Waals surface area contributed by atoms with Crippen LogP contribution in [0.3, 0.4) is 0 Å². The molecule has 0 radical (unpaired) electrons. The van der Waals surface area contributed by atoms with Crippen LogP contribution < -0.4 is 0 Å². The van der Waals surface area contributed by atoms with Gasteiger partial charge in [-0.25, -0.2) is 19.9 Å². The topological polar surface area (TPSA) is 64.5 Å². The van der Waals surface area contributed by atoms with Gasteiger partial charge in [-0.3, -0.25) is 4.98 Å². The van der Waals surface area contributed by atoms with Gasteiger partial charge in [0.2, 0.25) is 0 Å². The molecular formula is C37H21N5. The molecule has 0 N–H and O–H groups in total. The first-order chi connectivity index (χ1) is 20.8. The summed E-state index contributed by atoms with van der Waals surface area (Å²) in [6, 6.07) is 41.5. The fourth-order valence-corrected chi connectivity index (χ4v) is 5.99. The van der Waals surface area contributed by atoms with E-state index in [4.69, 9.17) is 19.9 Å². The van der Waals surface area contributed by atoms with Crippen LogP contribution in [-0.4, -0.2) is 24.9 Å². The minimum atomic E-state index is 0.806. The van der Waals surface area contributed by atoms with Gasteiger partial charge in [0, 0.05) is 44.1 Å². The summed E-state index contributed by atoms with van der Waals surface area (Å²) in [6.07, 6.45) is 1.82. The highest BCUT2D eigenvalue weighted by Gasteiger charge is 2.16. The van der Waals surface area contributed by atoms with Crippen molar-refractivity contribution in [3.05, 3.63) is 128 Å². The lowest BCUT2D eigenvalue weighted by Crippen LogP contribution is -1.96. The third-order valence-electron chi connectivity index (χ3n) is 8.04. The monoisotopic (exact) mass is 535 g/mol. The molecule has 0 bridgehead atoms. The molecule has 9 rings (SSSR count). The highest BCUT2D eigenvalue weighted by molar-refractivity contribution is 6.14. The molecule has 0 atom stereocenters. The normalized spacial score (nSPS) is 11.8. The fraction of sp³-hybridized carbons (Fsp3) is 0. The van der Waals surface area contributed by atoms with Crippen molar-refractivity contribution in [2.45, 2.75) is 0 Å². The Hall–Kier alpha value is -5.81. The lowest BCUT2D eigenvalue weighted by atomic mass is 10.0. The number of benzene rings is 4. The average Bonchev–Trinajstić information content (AvgIpc) is 3.07. The summed E-state index contributed by atoms with van der Waals surface area (Å²) in [5.41, 5.74) is 8.87. The lowest BCUT2D eigenvalue weighted by Gasteiger charge is -2.12. The van der Waals surface area contributed by atoms with Gasteiger partial charge in [-0.2, -0.15) is 0 Å². The van der Waals surface area contributed by atoms with Crippen LogP contribution in [0.2, 0.25) is 0 Å². The van der Waals surface area contributed by atoms with Crippen LogP contribution in [0.5, 0.6) is 0 Å². The van der Waals surface area contributed by atoms with Gasteiger partial charge in [-0.15, -0.1) is 0 Å². The summed E-state index contributed by atoms with van der Waals surface area (Å²) in [7, 11) is 0. The van der Waals surface area contributed by atoms with Gasteiger partial charge < -0.3 is 0 Å². The Kier molecular flexibility index (Phi) is 4.83. The maximum absolute atomic E-state index is 5.21. The van der Waals surface area contributed by atoms with E-state index in [9.17, 15) is 0 Å². The van der Waals surface area contributed by atoms with E-state index in [0.29, 0.717) is 0 Å². The van der Waals surface area contributed by atoms with Crippen LogP contribution in [0.4, 0.5) is 0 Å². The fourth-order valence-electron chi connectivity index (χ4n) is 5.99. The molecule has 0 saturated carbocycles. The number of aromatic nitrogens is 5. The van der Waals surface area contributed by atoms with Crippen LogP contribution in [-0.2, 0) is 0 Å². The number of hydrogen-bond donors (Lipinski definition) is 0. The maximum Gasteiger partial charge on any atom is 0.0974 e. The number of fused-ring (bicyclic) bond motifs is 9. The quantitative estimate of drug-likeness (QED) is 0.163. The van der Waals surface area contributed by atoms with Gasteiger partial charge in [0.1, 0.15) is 0 Å². The van der Waals surface area contributed by atoms with Crippen molar-refractivity contribution in [2.75, 3.05) is 0 Å². The second kappa shape index (κ2) is 8.85. The number of hydrogen-bond acceptors (Lipinski definition) is 5. The van der Waals surface area contributed by atoms with E-state index in [1.807, 2.05) is 36.5 Å². The molecule has 0 fully saturated rings. The molecule has 194 valence electrons. The number of nitrogens with zero attached hydrogens (tertiary/aromatic N) is 5. The molecule has 0 saturated heterocycles. The molecule has 4 aromatic carbocycles. The third kappa shape index (κ3) is 3.47. The molecule has 0 unspecified atom stereocenters. The zero-order valence-corrected chi connectivity index (χ0v) is 22.4. The summed E-state index contributed by atoms with van der Waals surface area (Å²) in [5, 5.41) is 6.23. The van der Waals surface area contributed by atoms with Crippen molar-refractivity contribution >= 4 is 65.4 Å². The second-order valence-electron chi connectivity index (χ2n) is 10.5. The number of pyridine rings is 5. The van der Waals surface area contributed by atoms with Gasteiger partial charge in [-0.1, -0.05) is 97.1 Å². The van der Waals surface area contributed by atoms with Gasteiger partial charge in [0.05, 0.1) is 50.2 Å². The van der Waals surface area contributed by atoms with Crippen molar-refractivity contribution < 1.29 is 0 Å². The SMILES string of the molecule is c1ccc(-c2ccc3ccc4ccc(-c5nc6cc7ccc8cccnc8c7nc6c6ccccc56)nc4c3n2)cc1. The lowest BCUT2D eigenvalue weighted by molar-refractivity contribution is 1.32. The Bertz CT molecular complexity index is 2520. The second-order valence-corrected chi connectivity index (χ2v) is 10.5. The van der Waals surface area contributed by atoms with Crippen molar-refractivity contribution in [3.63, 3.8) is 0 Å². The molecular weight excluding hydrogens is 514 g/mol. The van der Waals surface area contributed by atoms with Crippen molar-refractivity contribution in [1.29, 1.82) is 0 Å². The molecule has 5 nitrogen and oxygen atoms in total. The summed E-state index contributed by atoms with van der Waals surface area (Å²) in [6.45, 7) is 0. The molecule has 0 amide bonds. The average molecular weight is 536 g/mol. The molecule has 5 aromatic heterocycles. The van der Waals surface area contributed by atoms with E-state index in [1.165, 1.54) is 0 Å². The molecule has 5 heterocycles. The van der Waals surface area contributed by atoms with Crippen molar-refractivity contribution in [1.82, 2.24) is 24.9 Å². The summed E-state index contributed by atoms with van der Waals surface area (Å²) < 4.78 is 0. The number of rotatable bonds is 2. The summed E-state index contributed by atoms with van der Waals surface area (Å²) in [5.74, 6) is 0. The van der Waals surface area contributed by atoms with Gasteiger partial charge in [0.25, 0.3) is 0 Å². The van der Waals surface area contributed by atoms with E-state index in [0.717, 1.165) is 88.1 Å². The van der Waals surface area contributed by atoms with Gasteiger partial charge in [0.15, 0.2) is 0 Å². The van der Waals surface area contributed by atoms with E-state index < -0.39 is 0 Å². The zero-order valence-electron chi connectivity index (χ0n) is 22.4. The van der Waals surface area contributed by atoms with Crippen molar-refractivity contribution in [3.8, 4) is 22.6 Å². The van der Waals surface area contributed by atoms with Gasteiger partial charge in [-0.05, 0) is 24.3 Å². The Morgan fingerprint density at radius 2 is 1.00 bits per heavy atom. The van der Waals surface area contributed by atoms with Crippen LogP contribution in [0.25, 0.3) is 88.1 Å². The maximum atomic E-state index is 5.21. The minimum absolute atomic E-state index is 0.806. The van der Waals surface area contributed by atoms with E-state index in [-0.39, 0.29) is 0 Å². The molecule has 5 heteroatoms. The predicted octanol–water partition coefficient (Wildman–Crippen LogP) is 8.91. The Labute approximate surface area is 240 Å². The van der Waals surface area contributed by atoms with Crippen LogP contribution >= 0.6 is 0 Å². The van der Waals surface area contributed by atoms with E-state index in [1.54, 1.807) is 0 Å². The first-order valence-corrected chi connectivity index (χ1v) is 13.9. The summed E-state index contributed by atoms with van der Waals surface area (Å²) >= 11 is 0. The highest BCUT2D eigenvalue weighted by Crippen LogP contribution is 2.35. The van der Waals surface area contributed by atoms with Crippen molar-refractivity contribution in [2.24, 2.45) is 0 Å². The largest absolute Gasteiger partial charge is 0.254 e. The minimum Gasteiger partial charge on any atom is -0.254 e. The van der Waals surface area contributed by atoms with Crippen LogP contribution in [0.15, 0.2) is 128 Å². The summed E-state index contributed by atoms with van der Waals surface area (Å²) in [4.78, 5) is 25.3. The molecule has 0 aliphatic rings. The zero-order chi connectivity index (χ0) is 27.6. The molecule has 42 heavy (non-hydrogen) atoms. The van der Waals surface area contributed by atoms with E-state index >= 15 is 0 Å². The Morgan fingerprint density at radius 1 is 0.381 bits per heavy atom. The molecule has 0 spiro atoms. The van der Waals surface area contributed by atoms with E-state index in [2.05, 4.69) is 96.0 Å². The van der Waals surface area contributed by atoms with Crippen LogP contribution in [0, 0.1) is 0 Å². The Balaban J connectivity index is 1.31. The van der Waals surface area contributed by atoms with Gasteiger partial charge >= 0.3 is 0 Å². The first kappa shape index (κ1) is 22.9. The molecule has 9 aromatic rings. The predicted molar refractivity (Wildman–Crippen MR) is 171 cm³/mol.